The van der Waals surface area contributed by atoms with E-state index in [4.69, 9.17) is 14.2 Å². The van der Waals surface area contributed by atoms with Gasteiger partial charge in [0.25, 0.3) is 0 Å². The van der Waals surface area contributed by atoms with Crippen LogP contribution in [0, 0.1) is 5.41 Å². The lowest BCUT2D eigenvalue weighted by atomic mass is 9.89. The fraction of sp³-hybridized carbons (Fsp3) is 0.579. The third kappa shape index (κ3) is 4.44. The first kappa shape index (κ1) is 20.8. The molecule has 1 aromatic rings. The Kier molecular flexibility index (Phi) is 6.54. The van der Waals surface area contributed by atoms with Crippen LogP contribution in [0.1, 0.15) is 13.8 Å². The van der Waals surface area contributed by atoms with Gasteiger partial charge in [0, 0.05) is 44.0 Å². The number of rotatable bonds is 6. The predicted octanol–water partition coefficient (Wildman–Crippen LogP) is 1.45. The second-order valence-electron chi connectivity index (χ2n) is 7.09. The van der Waals surface area contributed by atoms with Crippen molar-refractivity contribution in [2.24, 2.45) is 5.41 Å². The summed E-state index contributed by atoms with van der Waals surface area (Å²) < 4.78 is 15.9. The van der Waals surface area contributed by atoms with Crippen LogP contribution in [0.4, 0.5) is 5.69 Å². The zero-order valence-corrected chi connectivity index (χ0v) is 16.9. The van der Waals surface area contributed by atoms with Gasteiger partial charge in [-0.25, -0.2) is 0 Å². The van der Waals surface area contributed by atoms with E-state index in [1.54, 1.807) is 30.9 Å². The number of ether oxygens (including phenoxy) is 3. The molecule has 27 heavy (non-hydrogen) atoms. The van der Waals surface area contributed by atoms with E-state index in [1.165, 1.54) is 21.3 Å². The summed E-state index contributed by atoms with van der Waals surface area (Å²) in [5.74, 6) is 0.720. The van der Waals surface area contributed by atoms with Gasteiger partial charge in [-0.05, 0) is 20.9 Å². The first-order chi connectivity index (χ1) is 12.7. The van der Waals surface area contributed by atoms with Crippen LogP contribution >= 0.6 is 0 Å². The van der Waals surface area contributed by atoms with Crippen LogP contribution in [0.5, 0.6) is 17.2 Å². The number of likely N-dealkylation sites (N-methyl/N-ethyl adjacent to an activating group) is 1. The maximum Gasteiger partial charge on any atom is 0.239 e. The zero-order chi connectivity index (χ0) is 20.2. The standard InChI is InChI=1S/C19H29N3O5/c1-19(2,18(24)22-9-7-21(3)8-10-22)17(23)20-13-11-14(25-4)16(27-6)15(12-13)26-5/h11-12H,7-10H2,1-6H3,(H,20,23). The van der Waals surface area contributed by atoms with Crippen molar-refractivity contribution in [1.82, 2.24) is 9.80 Å². The highest BCUT2D eigenvalue weighted by Crippen LogP contribution is 2.40. The van der Waals surface area contributed by atoms with E-state index >= 15 is 0 Å². The molecule has 1 aromatic carbocycles. The van der Waals surface area contributed by atoms with Crippen molar-refractivity contribution >= 4 is 17.5 Å². The predicted molar refractivity (Wildman–Crippen MR) is 103 cm³/mol. The first-order valence-electron chi connectivity index (χ1n) is 8.84. The molecule has 1 saturated heterocycles. The molecule has 0 spiro atoms. The number of hydrogen-bond acceptors (Lipinski definition) is 6. The van der Waals surface area contributed by atoms with Gasteiger partial charge < -0.3 is 29.3 Å². The van der Waals surface area contributed by atoms with E-state index in [0.717, 1.165) is 13.1 Å². The number of piperazine rings is 1. The first-order valence-corrected chi connectivity index (χ1v) is 8.84. The second-order valence-corrected chi connectivity index (χ2v) is 7.09. The highest BCUT2D eigenvalue weighted by Gasteiger charge is 2.40. The summed E-state index contributed by atoms with van der Waals surface area (Å²) in [7, 11) is 6.54. The molecule has 1 aliphatic rings. The molecule has 1 aliphatic heterocycles. The van der Waals surface area contributed by atoms with Crippen molar-refractivity contribution in [2.75, 3.05) is 59.9 Å². The number of methoxy groups -OCH3 is 3. The van der Waals surface area contributed by atoms with Gasteiger partial charge in [0.1, 0.15) is 5.41 Å². The topological polar surface area (TPSA) is 80.3 Å². The Morgan fingerprint density at radius 2 is 1.48 bits per heavy atom. The lowest BCUT2D eigenvalue weighted by Gasteiger charge is -2.36. The van der Waals surface area contributed by atoms with Gasteiger partial charge in [0.05, 0.1) is 21.3 Å². The highest BCUT2D eigenvalue weighted by atomic mass is 16.5. The number of carbonyl (C=O) groups is 2. The van der Waals surface area contributed by atoms with Crippen LogP contribution in [-0.4, -0.2) is 76.2 Å². The molecular weight excluding hydrogens is 350 g/mol. The Morgan fingerprint density at radius 1 is 0.963 bits per heavy atom. The molecule has 0 aliphatic carbocycles. The third-order valence-corrected chi connectivity index (χ3v) is 4.82. The largest absolute Gasteiger partial charge is 0.493 e. The Hall–Kier alpha value is -2.48. The number of anilines is 1. The maximum atomic E-state index is 12.9. The number of hydrogen-bond donors (Lipinski definition) is 1. The SMILES string of the molecule is COc1cc(NC(=O)C(C)(C)C(=O)N2CCN(C)CC2)cc(OC)c1OC. The molecule has 0 bridgehead atoms. The van der Waals surface area contributed by atoms with Crippen molar-refractivity contribution in [3.63, 3.8) is 0 Å². The molecule has 0 unspecified atom stereocenters. The maximum absolute atomic E-state index is 12.9. The molecule has 1 N–H and O–H groups in total. The molecule has 1 heterocycles. The van der Waals surface area contributed by atoms with E-state index in [2.05, 4.69) is 10.2 Å². The smallest absolute Gasteiger partial charge is 0.239 e. The van der Waals surface area contributed by atoms with E-state index in [9.17, 15) is 9.59 Å². The summed E-state index contributed by atoms with van der Waals surface area (Å²) in [5, 5.41) is 2.80. The minimum atomic E-state index is -1.20. The molecule has 8 nitrogen and oxygen atoms in total. The minimum Gasteiger partial charge on any atom is -0.493 e. The van der Waals surface area contributed by atoms with Crippen molar-refractivity contribution in [1.29, 1.82) is 0 Å². The van der Waals surface area contributed by atoms with Gasteiger partial charge >= 0.3 is 0 Å². The van der Waals surface area contributed by atoms with Crippen molar-refractivity contribution in [3.05, 3.63) is 12.1 Å². The van der Waals surface area contributed by atoms with Crippen LogP contribution in [0.25, 0.3) is 0 Å². The van der Waals surface area contributed by atoms with Gasteiger partial charge in [0.15, 0.2) is 11.5 Å². The molecule has 0 saturated carbocycles. The van der Waals surface area contributed by atoms with E-state index < -0.39 is 5.41 Å². The number of benzene rings is 1. The van der Waals surface area contributed by atoms with Gasteiger partial charge in [-0.15, -0.1) is 0 Å². The third-order valence-electron chi connectivity index (χ3n) is 4.82. The molecule has 8 heteroatoms. The van der Waals surface area contributed by atoms with Crippen molar-refractivity contribution in [2.45, 2.75) is 13.8 Å². The second kappa shape index (κ2) is 8.47. The Balaban J connectivity index is 2.18. The zero-order valence-electron chi connectivity index (χ0n) is 16.9. The summed E-state index contributed by atoms with van der Waals surface area (Å²) in [5.41, 5.74) is -0.732. The number of nitrogens with zero attached hydrogens (tertiary/aromatic N) is 2. The highest BCUT2D eigenvalue weighted by molar-refractivity contribution is 6.10. The van der Waals surface area contributed by atoms with E-state index in [1.807, 2.05) is 7.05 Å². The Bertz CT molecular complexity index is 672. The van der Waals surface area contributed by atoms with Crippen LogP contribution in [0.3, 0.4) is 0 Å². The normalized spacial score (nSPS) is 15.3. The molecule has 2 rings (SSSR count). The molecule has 0 radical (unpaired) electrons. The Morgan fingerprint density at radius 3 is 1.93 bits per heavy atom. The van der Waals surface area contributed by atoms with Gasteiger partial charge in [0.2, 0.25) is 17.6 Å². The monoisotopic (exact) mass is 379 g/mol. The van der Waals surface area contributed by atoms with Gasteiger partial charge in [-0.1, -0.05) is 0 Å². The average molecular weight is 379 g/mol. The summed E-state index contributed by atoms with van der Waals surface area (Å²) in [6, 6.07) is 3.27. The summed E-state index contributed by atoms with van der Waals surface area (Å²) in [6.07, 6.45) is 0. The number of carbonyl (C=O) groups excluding carboxylic acids is 2. The number of nitrogens with one attached hydrogen (secondary N) is 1. The fourth-order valence-corrected chi connectivity index (χ4v) is 2.94. The molecular formula is C19H29N3O5. The molecule has 2 amide bonds. The minimum absolute atomic E-state index is 0.180. The van der Waals surface area contributed by atoms with Crippen molar-refractivity contribution < 1.29 is 23.8 Å². The fourth-order valence-electron chi connectivity index (χ4n) is 2.94. The van der Waals surface area contributed by atoms with Gasteiger partial charge in [-0.3, -0.25) is 9.59 Å². The summed E-state index contributed by atoms with van der Waals surface area (Å²) in [6.45, 7) is 6.13. The van der Waals surface area contributed by atoms with Crippen molar-refractivity contribution in [3.8, 4) is 17.2 Å². The van der Waals surface area contributed by atoms with E-state index in [-0.39, 0.29) is 11.8 Å². The lowest BCUT2D eigenvalue weighted by molar-refractivity contribution is -0.147. The molecule has 150 valence electrons. The lowest BCUT2D eigenvalue weighted by Crippen LogP contribution is -2.53. The molecule has 0 aromatic heterocycles. The van der Waals surface area contributed by atoms with Crippen LogP contribution in [-0.2, 0) is 9.59 Å². The quantitative estimate of drug-likeness (QED) is 0.754. The number of amides is 2. The average Bonchev–Trinajstić information content (AvgIpc) is 2.66. The van der Waals surface area contributed by atoms with Crippen LogP contribution in [0.2, 0.25) is 0 Å². The molecule has 0 atom stereocenters. The summed E-state index contributed by atoms with van der Waals surface area (Å²) in [4.78, 5) is 29.6. The van der Waals surface area contributed by atoms with Gasteiger partial charge in [-0.2, -0.15) is 0 Å². The van der Waals surface area contributed by atoms with Crippen LogP contribution < -0.4 is 19.5 Å². The molecule has 1 fully saturated rings. The summed E-state index contributed by atoms with van der Waals surface area (Å²) >= 11 is 0. The Labute approximate surface area is 160 Å². The van der Waals surface area contributed by atoms with E-state index in [0.29, 0.717) is 36.0 Å². The van der Waals surface area contributed by atoms with Crippen LogP contribution in [0.15, 0.2) is 12.1 Å².